The Hall–Kier alpha value is -8.37. The Bertz CT molecular complexity index is 3630. The molecule has 0 radical (unpaired) electrons. The first-order chi connectivity index (χ1) is 28.1. The predicted molar refractivity (Wildman–Crippen MR) is 229 cm³/mol. The van der Waals surface area contributed by atoms with Crippen molar-refractivity contribution in [2.75, 3.05) is 0 Å². The lowest BCUT2D eigenvalue weighted by Crippen LogP contribution is -2.00. The molecule has 11 rings (SSSR count). The number of fused-ring (bicyclic) bond motifs is 9. The van der Waals surface area contributed by atoms with E-state index in [1.165, 1.54) is 0 Å². The van der Waals surface area contributed by atoms with Crippen LogP contribution in [0.5, 0.6) is 0 Å². The molecule has 3 aromatic heterocycles. The quantitative estimate of drug-likeness (QED) is 0.181. The third-order valence-electron chi connectivity index (χ3n) is 11.3. The van der Waals surface area contributed by atoms with Gasteiger partial charge in [-0.15, -0.1) is 0 Å². The van der Waals surface area contributed by atoms with Gasteiger partial charge in [0.25, 0.3) is 0 Å². The molecule has 11 aromatic rings. The SMILES string of the molecule is N#Cc1cc(-c2ccccc2-n2c3ccccc3c3cc(C#N)ccc32)cc(-n2c3ccccc3c3c(-n4c5ccccc5c5cc(C#N)ccc54)cccc32)c1. The molecule has 3 heterocycles. The fourth-order valence-electron chi connectivity index (χ4n) is 8.94. The molecular formula is C51H28N6. The van der Waals surface area contributed by atoms with Gasteiger partial charge >= 0.3 is 0 Å². The van der Waals surface area contributed by atoms with E-state index in [0.29, 0.717) is 16.7 Å². The van der Waals surface area contributed by atoms with Crippen LogP contribution in [0.15, 0.2) is 170 Å². The van der Waals surface area contributed by atoms with Crippen LogP contribution in [0.2, 0.25) is 0 Å². The maximum atomic E-state index is 10.5. The first-order valence-electron chi connectivity index (χ1n) is 18.7. The van der Waals surface area contributed by atoms with Crippen LogP contribution in [-0.4, -0.2) is 13.7 Å². The summed E-state index contributed by atoms with van der Waals surface area (Å²) in [6, 6.07) is 64.8. The standard InChI is InChI=1S/C51H28N6/c52-29-32-20-22-47-41(26-32)38-11-2-6-15-44(38)56(47)43-14-5-1-10-37(43)35-24-34(31-54)25-36(28-35)55-46-17-8-4-13-40(46)51-49(55)18-9-19-50(51)57-45-16-7-3-12-39(45)42-27-33(30-53)21-23-48(42)57/h1-28H. The molecule has 262 valence electrons. The molecule has 8 aromatic carbocycles. The largest absolute Gasteiger partial charge is 0.309 e. The average molecular weight is 725 g/mol. The van der Waals surface area contributed by atoms with Crippen molar-refractivity contribution < 1.29 is 0 Å². The molecule has 0 aliphatic heterocycles. The zero-order valence-corrected chi connectivity index (χ0v) is 30.3. The minimum absolute atomic E-state index is 0.552. The van der Waals surface area contributed by atoms with Gasteiger partial charge in [-0.1, -0.05) is 78.9 Å². The van der Waals surface area contributed by atoms with Gasteiger partial charge in [0.2, 0.25) is 0 Å². The highest BCUT2D eigenvalue weighted by molar-refractivity contribution is 6.17. The molecule has 0 bridgehead atoms. The number of aromatic nitrogens is 3. The molecule has 0 unspecified atom stereocenters. The van der Waals surface area contributed by atoms with E-state index in [1.807, 2.05) is 78.9 Å². The number of nitriles is 3. The summed E-state index contributed by atoms with van der Waals surface area (Å²) >= 11 is 0. The molecule has 0 fully saturated rings. The molecule has 0 saturated heterocycles. The van der Waals surface area contributed by atoms with Gasteiger partial charge in [0.05, 0.1) is 79.4 Å². The van der Waals surface area contributed by atoms with Crippen LogP contribution in [0, 0.1) is 34.0 Å². The van der Waals surface area contributed by atoms with E-state index >= 15 is 0 Å². The molecule has 57 heavy (non-hydrogen) atoms. The van der Waals surface area contributed by atoms with Crippen molar-refractivity contribution in [2.45, 2.75) is 0 Å². The Labute approximate surface area is 326 Å². The lowest BCUT2D eigenvalue weighted by molar-refractivity contribution is 1.16. The second kappa shape index (κ2) is 12.3. The lowest BCUT2D eigenvalue weighted by atomic mass is 10.00. The van der Waals surface area contributed by atoms with Crippen molar-refractivity contribution in [2.24, 2.45) is 0 Å². The fourth-order valence-corrected chi connectivity index (χ4v) is 8.94. The zero-order chi connectivity index (χ0) is 38.2. The molecule has 6 nitrogen and oxygen atoms in total. The van der Waals surface area contributed by atoms with E-state index in [1.54, 1.807) is 0 Å². The smallest absolute Gasteiger partial charge is 0.0992 e. The highest BCUT2D eigenvalue weighted by Crippen LogP contribution is 2.42. The van der Waals surface area contributed by atoms with Crippen LogP contribution in [0.1, 0.15) is 16.7 Å². The first-order valence-corrected chi connectivity index (χ1v) is 18.7. The summed E-state index contributed by atoms with van der Waals surface area (Å²) in [7, 11) is 0. The van der Waals surface area contributed by atoms with Crippen molar-refractivity contribution in [3.63, 3.8) is 0 Å². The van der Waals surface area contributed by atoms with Gasteiger partial charge in [-0.2, -0.15) is 15.8 Å². The van der Waals surface area contributed by atoms with Crippen LogP contribution in [-0.2, 0) is 0 Å². The Kier molecular flexibility index (Phi) is 6.95. The highest BCUT2D eigenvalue weighted by Gasteiger charge is 2.21. The van der Waals surface area contributed by atoms with Crippen LogP contribution < -0.4 is 0 Å². The summed E-state index contributed by atoms with van der Waals surface area (Å²) in [6.07, 6.45) is 0. The van der Waals surface area contributed by atoms with E-state index in [-0.39, 0.29) is 0 Å². The Morgan fingerprint density at radius 2 is 0.825 bits per heavy atom. The van der Waals surface area contributed by atoms with Gasteiger partial charge in [-0.25, -0.2) is 0 Å². The third kappa shape index (κ3) is 4.68. The Morgan fingerprint density at radius 3 is 1.46 bits per heavy atom. The predicted octanol–water partition coefficient (Wildman–Crippen LogP) is 12.3. The molecular weight excluding hydrogens is 697 g/mol. The Morgan fingerprint density at radius 1 is 0.333 bits per heavy atom. The summed E-state index contributed by atoms with van der Waals surface area (Å²) in [6.45, 7) is 0. The van der Waals surface area contributed by atoms with Gasteiger partial charge in [-0.05, 0) is 96.6 Å². The molecule has 0 saturated carbocycles. The van der Waals surface area contributed by atoms with Crippen LogP contribution in [0.25, 0.3) is 93.6 Å². The van der Waals surface area contributed by atoms with Gasteiger partial charge in [0, 0.05) is 43.6 Å². The third-order valence-corrected chi connectivity index (χ3v) is 11.3. The topological polar surface area (TPSA) is 86.2 Å². The van der Waals surface area contributed by atoms with E-state index in [9.17, 15) is 15.8 Å². The maximum absolute atomic E-state index is 10.5. The minimum Gasteiger partial charge on any atom is -0.309 e. The fraction of sp³-hybridized carbons (Fsp3) is 0. The first kappa shape index (κ1) is 32.1. The average Bonchev–Trinajstić information content (AvgIpc) is 3.91. The van der Waals surface area contributed by atoms with Gasteiger partial charge < -0.3 is 13.7 Å². The van der Waals surface area contributed by atoms with Gasteiger partial charge in [-0.3, -0.25) is 0 Å². The van der Waals surface area contributed by atoms with Crippen LogP contribution >= 0.6 is 0 Å². The molecule has 0 N–H and O–H groups in total. The number of para-hydroxylation sites is 4. The van der Waals surface area contributed by atoms with Crippen molar-refractivity contribution in [1.29, 1.82) is 15.8 Å². The second-order valence-corrected chi connectivity index (χ2v) is 14.3. The van der Waals surface area contributed by atoms with Crippen molar-refractivity contribution >= 4 is 65.4 Å². The number of hydrogen-bond acceptors (Lipinski definition) is 3. The van der Waals surface area contributed by atoms with Crippen molar-refractivity contribution in [3.8, 4) is 46.4 Å². The molecule has 0 aliphatic carbocycles. The number of benzene rings is 8. The summed E-state index contributed by atoms with van der Waals surface area (Å²) < 4.78 is 6.84. The minimum atomic E-state index is 0.552. The van der Waals surface area contributed by atoms with E-state index in [2.05, 4.69) is 123 Å². The van der Waals surface area contributed by atoms with Crippen molar-refractivity contribution in [3.05, 3.63) is 187 Å². The monoisotopic (exact) mass is 724 g/mol. The number of nitrogens with zero attached hydrogens (tertiary/aromatic N) is 6. The van der Waals surface area contributed by atoms with Crippen LogP contribution in [0.4, 0.5) is 0 Å². The summed E-state index contributed by atoms with van der Waals surface area (Å²) in [5.74, 6) is 0. The highest BCUT2D eigenvalue weighted by atomic mass is 15.0. The summed E-state index contributed by atoms with van der Waals surface area (Å²) in [5.41, 5.74) is 12.7. The maximum Gasteiger partial charge on any atom is 0.0992 e. The van der Waals surface area contributed by atoms with Crippen molar-refractivity contribution in [1.82, 2.24) is 13.7 Å². The molecule has 6 heteroatoms. The summed E-state index contributed by atoms with van der Waals surface area (Å²) in [4.78, 5) is 0. The molecule has 0 spiro atoms. The number of rotatable bonds is 4. The lowest BCUT2D eigenvalue weighted by Gasteiger charge is -2.16. The Balaban J connectivity index is 1.18. The second-order valence-electron chi connectivity index (χ2n) is 14.3. The normalized spacial score (nSPS) is 11.5. The van der Waals surface area contributed by atoms with Gasteiger partial charge in [0.15, 0.2) is 0 Å². The molecule has 0 amide bonds. The molecule has 0 atom stereocenters. The number of hydrogen-bond donors (Lipinski definition) is 0. The van der Waals surface area contributed by atoms with E-state index in [0.717, 1.165) is 93.6 Å². The van der Waals surface area contributed by atoms with Gasteiger partial charge in [0.1, 0.15) is 0 Å². The van der Waals surface area contributed by atoms with Crippen LogP contribution in [0.3, 0.4) is 0 Å². The van der Waals surface area contributed by atoms with E-state index in [4.69, 9.17) is 0 Å². The van der Waals surface area contributed by atoms with E-state index < -0.39 is 0 Å². The zero-order valence-electron chi connectivity index (χ0n) is 30.3. The molecule has 0 aliphatic rings. The summed E-state index contributed by atoms with van der Waals surface area (Å²) in [5, 5.41) is 36.4.